The normalized spacial score (nSPS) is 16.2. The molecule has 10 rings (SSSR count). The molecule has 360 valence electrons. The monoisotopic (exact) mass is 1030 g/mol. The van der Waals surface area contributed by atoms with E-state index in [1.165, 1.54) is 26.4 Å². The van der Waals surface area contributed by atoms with Crippen LogP contribution in [0.5, 0.6) is 28.7 Å². The molecule has 0 N–H and O–H groups in total. The van der Waals surface area contributed by atoms with Crippen molar-refractivity contribution in [3.05, 3.63) is 165 Å². The summed E-state index contributed by atoms with van der Waals surface area (Å²) in [6.45, 7) is 3.95. The number of benzene rings is 6. The number of carbonyl (C=O) groups excluding carboxylic acids is 3. The molecular formula is C55H47BrN4O10S. The Morgan fingerprint density at radius 1 is 0.662 bits per heavy atom. The molecule has 2 amide bonds. The van der Waals surface area contributed by atoms with E-state index in [1.807, 2.05) is 66.7 Å². The van der Waals surface area contributed by atoms with Gasteiger partial charge in [-0.05, 0) is 102 Å². The average Bonchev–Trinajstić information content (AvgIpc) is 3.87. The van der Waals surface area contributed by atoms with E-state index in [1.54, 1.807) is 58.6 Å². The van der Waals surface area contributed by atoms with Crippen molar-refractivity contribution in [1.82, 2.24) is 0 Å². The summed E-state index contributed by atoms with van der Waals surface area (Å²) in [4.78, 5) is 53.7. The Morgan fingerprint density at radius 2 is 1.17 bits per heavy atom. The van der Waals surface area contributed by atoms with E-state index in [-0.39, 0.29) is 55.0 Å². The minimum Gasteiger partial charge on any atom is -0.494 e. The number of hydrogen-bond donors (Lipinski definition) is 0. The summed E-state index contributed by atoms with van der Waals surface area (Å²) in [5.74, 6) is 1.05. The van der Waals surface area contributed by atoms with Gasteiger partial charge in [0.05, 0.1) is 60.3 Å². The highest BCUT2D eigenvalue weighted by Gasteiger charge is 2.38. The van der Waals surface area contributed by atoms with Gasteiger partial charge in [-0.3, -0.25) is 34.2 Å². The van der Waals surface area contributed by atoms with E-state index in [0.29, 0.717) is 92.5 Å². The fraction of sp³-hybridized carbons (Fsp3) is 0.218. The first-order valence-electron chi connectivity index (χ1n) is 23.0. The number of aliphatic imine (C=N–C) groups is 2. The second kappa shape index (κ2) is 19.7. The lowest BCUT2D eigenvalue weighted by atomic mass is 10.1. The molecule has 0 spiro atoms. The summed E-state index contributed by atoms with van der Waals surface area (Å²) in [6, 6.07) is 33.6. The van der Waals surface area contributed by atoms with Gasteiger partial charge in [0.2, 0.25) is 9.84 Å². The van der Waals surface area contributed by atoms with Crippen LogP contribution >= 0.6 is 15.9 Å². The van der Waals surface area contributed by atoms with E-state index >= 15 is 0 Å². The summed E-state index contributed by atoms with van der Waals surface area (Å²) < 4.78 is 57.5. The Hall–Kier alpha value is -7.56. The zero-order valence-corrected chi connectivity index (χ0v) is 41.2. The third kappa shape index (κ3) is 9.32. The van der Waals surface area contributed by atoms with Gasteiger partial charge in [0.1, 0.15) is 23.9 Å². The Bertz CT molecular complexity index is 3160. The largest absolute Gasteiger partial charge is 0.494 e. The number of anilines is 2. The van der Waals surface area contributed by atoms with Crippen LogP contribution in [0.3, 0.4) is 0 Å². The van der Waals surface area contributed by atoms with Crippen molar-refractivity contribution < 1.29 is 46.5 Å². The van der Waals surface area contributed by atoms with Gasteiger partial charge in [0.15, 0.2) is 28.8 Å². The SMILES string of the molecule is C=C(C(=O)CCCCOc1cc(COc2cc3c(cc2OC)C(=O)N2c4ccccc4C[C@H]2C=N3)cc(COc2cc3c(cc2OC)C(=O)N2c4ccccc4C[C@H]2C=N3)c1)S(=O)(=O)c1ccc(Br)cc1. The van der Waals surface area contributed by atoms with Crippen molar-refractivity contribution in [2.75, 3.05) is 30.6 Å². The molecule has 2 atom stereocenters. The minimum atomic E-state index is -4.04. The van der Waals surface area contributed by atoms with Gasteiger partial charge in [-0.2, -0.15) is 0 Å². The van der Waals surface area contributed by atoms with Crippen LogP contribution in [0.4, 0.5) is 22.7 Å². The third-order valence-corrected chi connectivity index (χ3v) is 15.2. The number of para-hydroxylation sites is 2. The van der Waals surface area contributed by atoms with E-state index in [2.05, 4.69) is 22.5 Å². The molecule has 0 saturated carbocycles. The summed E-state index contributed by atoms with van der Waals surface area (Å²) in [7, 11) is -1.00. The van der Waals surface area contributed by atoms with E-state index < -0.39 is 20.5 Å². The van der Waals surface area contributed by atoms with Crippen molar-refractivity contribution in [1.29, 1.82) is 0 Å². The number of amides is 2. The Balaban J connectivity index is 0.868. The van der Waals surface area contributed by atoms with Crippen LogP contribution in [-0.4, -0.2) is 71.4 Å². The third-order valence-electron chi connectivity index (χ3n) is 12.9. The number of allylic oxidation sites excluding steroid dienone is 1. The number of halogens is 1. The van der Waals surface area contributed by atoms with Crippen molar-refractivity contribution in [2.24, 2.45) is 9.98 Å². The smallest absolute Gasteiger partial charge is 0.261 e. The second-order valence-corrected chi connectivity index (χ2v) is 20.3. The molecule has 16 heteroatoms. The Morgan fingerprint density at radius 3 is 1.68 bits per heavy atom. The van der Waals surface area contributed by atoms with Gasteiger partial charge < -0.3 is 23.7 Å². The maximum absolute atomic E-state index is 14.0. The molecule has 71 heavy (non-hydrogen) atoms. The van der Waals surface area contributed by atoms with Crippen molar-refractivity contribution in [3.8, 4) is 28.7 Å². The number of ether oxygens (including phenoxy) is 5. The summed E-state index contributed by atoms with van der Waals surface area (Å²) >= 11 is 3.30. The van der Waals surface area contributed by atoms with Gasteiger partial charge in [-0.25, -0.2) is 8.42 Å². The molecule has 0 radical (unpaired) electrons. The number of nitrogens with zero attached hydrogens (tertiary/aromatic N) is 4. The van der Waals surface area contributed by atoms with Crippen molar-refractivity contribution in [2.45, 2.75) is 62.3 Å². The lowest BCUT2D eigenvalue weighted by molar-refractivity contribution is -0.115. The van der Waals surface area contributed by atoms with Crippen LogP contribution in [0, 0.1) is 0 Å². The second-order valence-electron chi connectivity index (χ2n) is 17.4. The zero-order valence-electron chi connectivity index (χ0n) is 38.8. The number of rotatable bonds is 17. The predicted octanol–water partition coefficient (Wildman–Crippen LogP) is 10.3. The molecular weight excluding hydrogens is 989 g/mol. The van der Waals surface area contributed by atoms with Crippen LogP contribution in [0.25, 0.3) is 0 Å². The Kier molecular flexibility index (Phi) is 13.1. The highest BCUT2D eigenvalue weighted by Crippen LogP contribution is 2.43. The van der Waals surface area contributed by atoms with Crippen LogP contribution in [-0.2, 0) is 40.7 Å². The van der Waals surface area contributed by atoms with Gasteiger partial charge in [-0.1, -0.05) is 58.9 Å². The fourth-order valence-electron chi connectivity index (χ4n) is 9.30. The first-order valence-corrected chi connectivity index (χ1v) is 25.3. The maximum atomic E-state index is 14.0. The minimum absolute atomic E-state index is 0.00201. The molecule has 0 unspecified atom stereocenters. The molecule has 4 aliphatic rings. The quantitative estimate of drug-likeness (QED) is 0.0635. The molecule has 6 aromatic rings. The molecule has 4 heterocycles. The van der Waals surface area contributed by atoms with Crippen LogP contribution in [0.15, 0.2) is 146 Å². The van der Waals surface area contributed by atoms with E-state index in [0.717, 1.165) is 22.5 Å². The number of Topliss-reactive ketones (excluding diaryl/α,β-unsaturated/α-hetero) is 1. The van der Waals surface area contributed by atoms with Crippen molar-refractivity contribution >= 4 is 78.5 Å². The summed E-state index contributed by atoms with van der Waals surface area (Å²) in [5.41, 5.74) is 7.03. The first kappa shape index (κ1) is 47.1. The lowest BCUT2D eigenvalue weighted by Crippen LogP contribution is -2.37. The van der Waals surface area contributed by atoms with Crippen LogP contribution in [0.1, 0.15) is 62.2 Å². The predicted molar refractivity (Wildman–Crippen MR) is 274 cm³/mol. The topological polar surface area (TPSA) is 163 Å². The maximum Gasteiger partial charge on any atom is 0.261 e. The number of hydrogen-bond acceptors (Lipinski definition) is 12. The molecule has 6 aromatic carbocycles. The van der Waals surface area contributed by atoms with E-state index in [4.69, 9.17) is 33.7 Å². The molecule has 4 aliphatic heterocycles. The van der Waals surface area contributed by atoms with Gasteiger partial charge >= 0.3 is 0 Å². The van der Waals surface area contributed by atoms with Gasteiger partial charge in [0, 0.05) is 59.7 Å². The molecule has 0 bridgehead atoms. The number of sulfone groups is 1. The average molecular weight is 1040 g/mol. The first-order chi connectivity index (χ1) is 34.4. The number of unbranched alkanes of at least 4 members (excludes halogenated alkanes) is 1. The highest BCUT2D eigenvalue weighted by molar-refractivity contribution is 9.10. The number of ketones is 1. The Labute approximate surface area is 419 Å². The van der Waals surface area contributed by atoms with E-state index in [9.17, 15) is 22.8 Å². The van der Waals surface area contributed by atoms with Crippen molar-refractivity contribution in [3.63, 3.8) is 0 Å². The van der Waals surface area contributed by atoms with Gasteiger partial charge in [-0.15, -0.1) is 0 Å². The lowest BCUT2D eigenvalue weighted by Gasteiger charge is -2.22. The number of carbonyl (C=O) groups is 3. The van der Waals surface area contributed by atoms with Crippen LogP contribution in [0.2, 0.25) is 0 Å². The number of methoxy groups -OCH3 is 2. The standard InChI is InChI=1S/C55H47BrN4O10S/c1-33(71(64,65)42-17-15-38(56)16-18-42)49(61)14-8-9-19-68-41-21-34(31-69-52-27-45-43(25-50(52)66-2)54(62)59-39(29-57-45)23-36-10-4-6-12-47(36)59)20-35(22-41)32-70-53-28-46-44(26-51(53)67-3)55(63)60-40(30-58-46)24-37-11-5-7-13-48(37)60/h4-7,10-13,15-18,20-22,25-30,39-40H,1,8-9,14,19,23-24,31-32H2,2-3H3/t39-,40-/m0/s1. The summed E-state index contributed by atoms with van der Waals surface area (Å²) in [6.07, 6.45) is 5.70. The number of fused-ring (bicyclic) bond motifs is 8. The highest BCUT2D eigenvalue weighted by atomic mass is 79.9. The zero-order chi connectivity index (χ0) is 49.4. The van der Waals surface area contributed by atoms with Gasteiger partial charge in [0.25, 0.3) is 11.8 Å². The molecule has 0 aromatic heterocycles. The fourth-order valence-corrected chi connectivity index (χ4v) is 10.7. The summed E-state index contributed by atoms with van der Waals surface area (Å²) in [5, 5.41) is 0. The molecule has 0 fully saturated rings. The van der Waals surface area contributed by atoms with Crippen LogP contribution < -0.4 is 33.5 Å². The molecule has 0 aliphatic carbocycles. The molecule has 0 saturated heterocycles. The molecule has 14 nitrogen and oxygen atoms in total.